The van der Waals surface area contributed by atoms with Crippen LogP contribution in [0.1, 0.15) is 21.6 Å². The summed E-state index contributed by atoms with van der Waals surface area (Å²) in [4.78, 5) is 17.7. The number of carbonyl (C=O) groups excluding carboxylic acids is 1. The molecule has 0 aliphatic heterocycles. The van der Waals surface area contributed by atoms with Gasteiger partial charge in [0, 0.05) is 19.2 Å². The molecule has 4 aromatic rings. The summed E-state index contributed by atoms with van der Waals surface area (Å²) in [5, 5.41) is 12.3. The molecule has 0 bridgehead atoms. The van der Waals surface area contributed by atoms with Crippen molar-refractivity contribution < 1.29 is 4.79 Å². The molecule has 26 heavy (non-hydrogen) atoms. The quantitative estimate of drug-likeness (QED) is 0.598. The average Bonchev–Trinajstić information content (AvgIpc) is 3.28. The summed E-state index contributed by atoms with van der Waals surface area (Å²) in [6, 6.07) is 13.7. The van der Waals surface area contributed by atoms with Gasteiger partial charge in [-0.1, -0.05) is 30.3 Å². The number of benzene rings is 1. The van der Waals surface area contributed by atoms with Crippen LogP contribution in [-0.4, -0.2) is 20.7 Å². The van der Waals surface area contributed by atoms with E-state index in [9.17, 15) is 4.79 Å². The third-order valence-corrected chi connectivity index (χ3v) is 5.05. The van der Waals surface area contributed by atoms with Gasteiger partial charge in [0.15, 0.2) is 5.65 Å². The fraction of sp³-hybridized carbons (Fsp3) is 0.150. The highest BCUT2D eigenvalue weighted by molar-refractivity contribution is 7.07. The van der Waals surface area contributed by atoms with Crippen LogP contribution in [0.5, 0.6) is 0 Å². The first-order chi connectivity index (χ1) is 12.6. The van der Waals surface area contributed by atoms with Gasteiger partial charge in [-0.25, -0.2) is 4.98 Å². The van der Waals surface area contributed by atoms with Crippen molar-refractivity contribution in [1.29, 1.82) is 0 Å². The lowest BCUT2D eigenvalue weighted by atomic mass is 10.0. The van der Waals surface area contributed by atoms with Gasteiger partial charge in [0.1, 0.15) is 0 Å². The molecule has 4 rings (SSSR count). The van der Waals surface area contributed by atoms with E-state index >= 15 is 0 Å². The Morgan fingerprint density at radius 1 is 1.23 bits per heavy atom. The normalized spacial score (nSPS) is 11.0. The third kappa shape index (κ3) is 2.99. The molecule has 0 fully saturated rings. The molecule has 0 spiro atoms. The predicted octanol–water partition coefficient (Wildman–Crippen LogP) is 3.94. The summed E-state index contributed by atoms with van der Waals surface area (Å²) in [6.07, 6.45) is 0. The maximum absolute atomic E-state index is 12.9. The largest absolute Gasteiger partial charge is 0.348 e. The molecule has 0 atom stereocenters. The summed E-state index contributed by atoms with van der Waals surface area (Å²) in [7, 11) is 1.85. The standard InChI is InChI=1S/C20H18N4OS/c1-13-18-16(20(25)21-11-14-8-9-26-12-14)10-17(15-6-4-3-5-7-15)22-19(18)24(2)23-13/h3-10,12H,11H2,1-2H3,(H,21,25). The van der Waals surface area contributed by atoms with Gasteiger partial charge in [0.25, 0.3) is 5.91 Å². The lowest BCUT2D eigenvalue weighted by Gasteiger charge is -2.09. The predicted molar refractivity (Wildman–Crippen MR) is 104 cm³/mol. The van der Waals surface area contributed by atoms with Crippen molar-refractivity contribution in [1.82, 2.24) is 20.1 Å². The molecule has 1 N–H and O–H groups in total. The van der Waals surface area contributed by atoms with E-state index in [2.05, 4.69) is 10.4 Å². The van der Waals surface area contributed by atoms with Crippen molar-refractivity contribution >= 4 is 28.3 Å². The molecule has 3 heterocycles. The van der Waals surface area contributed by atoms with Gasteiger partial charge in [0.05, 0.1) is 22.3 Å². The van der Waals surface area contributed by atoms with E-state index in [0.29, 0.717) is 17.8 Å². The number of hydrogen-bond donors (Lipinski definition) is 1. The van der Waals surface area contributed by atoms with Crippen LogP contribution in [0.15, 0.2) is 53.2 Å². The van der Waals surface area contributed by atoms with E-state index in [1.165, 1.54) is 0 Å². The maximum atomic E-state index is 12.9. The van der Waals surface area contributed by atoms with E-state index in [1.54, 1.807) is 16.0 Å². The topological polar surface area (TPSA) is 59.8 Å². The van der Waals surface area contributed by atoms with Crippen LogP contribution in [0.3, 0.4) is 0 Å². The van der Waals surface area contributed by atoms with E-state index in [-0.39, 0.29) is 5.91 Å². The first-order valence-corrected chi connectivity index (χ1v) is 9.27. The van der Waals surface area contributed by atoms with Crippen LogP contribution in [0, 0.1) is 6.92 Å². The second-order valence-corrected chi connectivity index (χ2v) is 6.92. The van der Waals surface area contributed by atoms with Crippen molar-refractivity contribution in [2.24, 2.45) is 7.05 Å². The van der Waals surface area contributed by atoms with Gasteiger partial charge in [-0.3, -0.25) is 9.48 Å². The van der Waals surface area contributed by atoms with Gasteiger partial charge >= 0.3 is 0 Å². The Kier molecular flexibility index (Phi) is 4.26. The molecule has 0 aliphatic rings. The summed E-state index contributed by atoms with van der Waals surface area (Å²) < 4.78 is 1.73. The highest BCUT2D eigenvalue weighted by atomic mass is 32.1. The Morgan fingerprint density at radius 2 is 2.04 bits per heavy atom. The van der Waals surface area contributed by atoms with Gasteiger partial charge in [-0.05, 0) is 35.4 Å². The molecule has 0 unspecified atom stereocenters. The zero-order valence-electron chi connectivity index (χ0n) is 14.6. The Balaban J connectivity index is 1.79. The first kappa shape index (κ1) is 16.5. The van der Waals surface area contributed by atoms with Crippen LogP contribution in [0.2, 0.25) is 0 Å². The van der Waals surface area contributed by atoms with E-state index in [0.717, 1.165) is 27.9 Å². The third-order valence-electron chi connectivity index (χ3n) is 4.32. The molecule has 6 heteroatoms. The minimum absolute atomic E-state index is 0.114. The number of pyridine rings is 1. The molecule has 0 saturated carbocycles. The van der Waals surface area contributed by atoms with Gasteiger partial charge in [0.2, 0.25) is 0 Å². The minimum Gasteiger partial charge on any atom is -0.348 e. The van der Waals surface area contributed by atoms with E-state index in [1.807, 2.05) is 67.2 Å². The highest BCUT2D eigenvalue weighted by Gasteiger charge is 2.19. The number of fused-ring (bicyclic) bond motifs is 1. The van der Waals surface area contributed by atoms with Crippen molar-refractivity contribution in [3.05, 3.63) is 70.0 Å². The summed E-state index contributed by atoms with van der Waals surface area (Å²) in [6.45, 7) is 2.41. The van der Waals surface area contributed by atoms with E-state index < -0.39 is 0 Å². The lowest BCUT2D eigenvalue weighted by molar-refractivity contribution is 0.0952. The number of aromatic nitrogens is 3. The number of thiophene rings is 1. The molecule has 1 aromatic carbocycles. The van der Waals surface area contributed by atoms with Gasteiger partial charge < -0.3 is 5.32 Å². The van der Waals surface area contributed by atoms with Crippen LogP contribution in [0.4, 0.5) is 0 Å². The summed E-state index contributed by atoms with van der Waals surface area (Å²) >= 11 is 1.62. The molecule has 0 radical (unpaired) electrons. The zero-order chi connectivity index (χ0) is 18.1. The number of rotatable bonds is 4. The Bertz CT molecular complexity index is 1070. The number of aryl methyl sites for hydroxylation is 2. The maximum Gasteiger partial charge on any atom is 0.252 e. The smallest absolute Gasteiger partial charge is 0.252 e. The molecule has 3 aromatic heterocycles. The minimum atomic E-state index is -0.114. The number of carbonyl (C=O) groups is 1. The van der Waals surface area contributed by atoms with Gasteiger partial charge in [-0.15, -0.1) is 0 Å². The fourth-order valence-electron chi connectivity index (χ4n) is 3.05. The Morgan fingerprint density at radius 3 is 2.77 bits per heavy atom. The molecule has 5 nitrogen and oxygen atoms in total. The Hall–Kier alpha value is -2.99. The van der Waals surface area contributed by atoms with Crippen LogP contribution < -0.4 is 5.32 Å². The number of nitrogens with one attached hydrogen (secondary N) is 1. The van der Waals surface area contributed by atoms with Crippen molar-refractivity contribution in [3.63, 3.8) is 0 Å². The number of hydrogen-bond acceptors (Lipinski definition) is 4. The van der Waals surface area contributed by atoms with Crippen LogP contribution >= 0.6 is 11.3 Å². The Labute approximate surface area is 155 Å². The number of amides is 1. The number of nitrogens with zero attached hydrogens (tertiary/aromatic N) is 3. The lowest BCUT2D eigenvalue weighted by Crippen LogP contribution is -2.23. The average molecular weight is 362 g/mol. The van der Waals surface area contributed by atoms with Crippen molar-refractivity contribution in [2.45, 2.75) is 13.5 Å². The second-order valence-electron chi connectivity index (χ2n) is 6.14. The molecular formula is C20H18N4OS. The van der Waals surface area contributed by atoms with Crippen molar-refractivity contribution in [3.8, 4) is 11.3 Å². The highest BCUT2D eigenvalue weighted by Crippen LogP contribution is 2.26. The SMILES string of the molecule is Cc1nn(C)c2nc(-c3ccccc3)cc(C(=O)NCc3ccsc3)c12. The monoisotopic (exact) mass is 362 g/mol. The molecule has 0 aliphatic carbocycles. The van der Waals surface area contributed by atoms with Crippen LogP contribution in [-0.2, 0) is 13.6 Å². The van der Waals surface area contributed by atoms with Crippen molar-refractivity contribution in [2.75, 3.05) is 0 Å². The summed E-state index contributed by atoms with van der Waals surface area (Å²) in [5.41, 5.74) is 4.95. The van der Waals surface area contributed by atoms with E-state index in [4.69, 9.17) is 4.98 Å². The molecule has 0 saturated heterocycles. The summed E-state index contributed by atoms with van der Waals surface area (Å²) in [5.74, 6) is -0.114. The van der Waals surface area contributed by atoms with Gasteiger partial charge in [-0.2, -0.15) is 16.4 Å². The first-order valence-electron chi connectivity index (χ1n) is 8.32. The second kappa shape index (κ2) is 6.72. The fourth-order valence-corrected chi connectivity index (χ4v) is 3.72. The molecular weight excluding hydrogens is 344 g/mol. The molecule has 130 valence electrons. The molecule has 1 amide bonds. The zero-order valence-corrected chi connectivity index (χ0v) is 15.4. The van der Waals surface area contributed by atoms with Crippen LogP contribution in [0.25, 0.3) is 22.3 Å².